The van der Waals surface area contributed by atoms with E-state index in [0.717, 1.165) is 42.1 Å². The van der Waals surface area contributed by atoms with E-state index in [1.807, 2.05) is 38.2 Å². The van der Waals surface area contributed by atoms with Crippen LogP contribution < -0.4 is 11.5 Å². The van der Waals surface area contributed by atoms with Crippen LogP contribution in [0.1, 0.15) is 45.1 Å². The first kappa shape index (κ1) is 17.6. The second-order valence-corrected chi connectivity index (χ2v) is 7.74. The van der Waals surface area contributed by atoms with Gasteiger partial charge in [-0.15, -0.1) is 0 Å². The Balaban J connectivity index is 1.93. The third-order valence-electron chi connectivity index (χ3n) is 5.41. The zero-order valence-electron chi connectivity index (χ0n) is 15.0. The third kappa shape index (κ3) is 3.31. The van der Waals surface area contributed by atoms with Gasteiger partial charge in [-0.3, -0.25) is 4.90 Å². The fraction of sp³-hybridized carbons (Fsp3) is 0.526. The molecule has 0 radical (unpaired) electrons. The second-order valence-electron chi connectivity index (χ2n) is 7.74. The highest BCUT2D eigenvalue weighted by molar-refractivity contribution is 5.94. The molecule has 1 fully saturated rings. The first-order valence-corrected chi connectivity index (χ1v) is 8.93. The molecule has 2 aromatic rings. The van der Waals surface area contributed by atoms with Crippen LogP contribution in [0.5, 0.6) is 0 Å². The number of carboxylic acid groups (broad SMARTS) is 1. The summed E-state index contributed by atoms with van der Waals surface area (Å²) in [6.45, 7) is 3.95. The number of nitrogens with one attached hydrogen (secondary N) is 1. The number of rotatable bonds is 4. The maximum Gasteiger partial charge on any atom is 0.408 e. The fourth-order valence-electron chi connectivity index (χ4n) is 4.29. The van der Waals surface area contributed by atoms with Crippen LogP contribution in [-0.4, -0.2) is 38.7 Å². The molecule has 6 nitrogen and oxygen atoms in total. The predicted molar refractivity (Wildman–Crippen MR) is 101 cm³/mol. The topological polar surface area (TPSA) is 108 Å². The molecule has 0 unspecified atom stereocenters. The van der Waals surface area contributed by atoms with Crippen LogP contribution in [0.25, 0.3) is 10.9 Å². The van der Waals surface area contributed by atoms with Gasteiger partial charge in [-0.1, -0.05) is 18.9 Å². The maximum absolute atomic E-state index is 12.1. The van der Waals surface area contributed by atoms with Crippen molar-refractivity contribution in [3.63, 3.8) is 0 Å². The summed E-state index contributed by atoms with van der Waals surface area (Å²) in [5.74, 6) is 0. The lowest BCUT2D eigenvalue weighted by atomic mass is 9.84. The Morgan fingerprint density at radius 1 is 1.36 bits per heavy atom. The van der Waals surface area contributed by atoms with Crippen molar-refractivity contribution in [3.05, 3.63) is 30.0 Å². The summed E-state index contributed by atoms with van der Waals surface area (Å²) < 4.78 is 0. The average Bonchev–Trinajstić information content (AvgIpc) is 2.92. The van der Waals surface area contributed by atoms with Crippen molar-refractivity contribution in [1.82, 2.24) is 9.88 Å². The number of hydrogen-bond acceptors (Lipinski definition) is 3. The van der Waals surface area contributed by atoms with E-state index in [0.29, 0.717) is 12.1 Å². The number of fused-ring (bicyclic) bond motifs is 1. The highest BCUT2D eigenvalue weighted by Crippen LogP contribution is 2.33. The summed E-state index contributed by atoms with van der Waals surface area (Å²) >= 11 is 0. The second kappa shape index (κ2) is 6.59. The van der Waals surface area contributed by atoms with Crippen molar-refractivity contribution >= 4 is 22.7 Å². The molecule has 1 amide bonds. The number of H-pyrrole nitrogens is 1. The predicted octanol–water partition coefficient (Wildman–Crippen LogP) is 3.32. The van der Waals surface area contributed by atoms with Crippen LogP contribution in [0.2, 0.25) is 0 Å². The van der Waals surface area contributed by atoms with E-state index in [9.17, 15) is 9.90 Å². The fourth-order valence-corrected chi connectivity index (χ4v) is 4.29. The molecule has 0 aliphatic heterocycles. The van der Waals surface area contributed by atoms with E-state index in [-0.39, 0.29) is 12.1 Å². The van der Waals surface area contributed by atoms with Gasteiger partial charge in [0.2, 0.25) is 0 Å². The first-order valence-electron chi connectivity index (χ1n) is 8.93. The number of nitrogens with two attached hydrogens (primary N) is 2. The lowest BCUT2D eigenvalue weighted by molar-refractivity contribution is 0.0411. The molecular formula is C19H28N4O2. The van der Waals surface area contributed by atoms with Crippen LogP contribution in [0.4, 0.5) is 10.5 Å². The number of benzene rings is 1. The SMILES string of the molecule is CC(C)(Cc1c[nH]c2cccc(N)c12)N(C(=O)O)[C@H]1CCCC[C@H]1N. The largest absolute Gasteiger partial charge is 0.465 e. The Hall–Kier alpha value is -2.21. The van der Waals surface area contributed by atoms with Crippen LogP contribution in [0.15, 0.2) is 24.4 Å². The Kier molecular flexibility index (Phi) is 4.64. The minimum absolute atomic E-state index is 0.0998. The molecule has 1 saturated carbocycles. The van der Waals surface area contributed by atoms with Gasteiger partial charge < -0.3 is 21.6 Å². The zero-order chi connectivity index (χ0) is 18.2. The Bertz CT molecular complexity index is 768. The summed E-state index contributed by atoms with van der Waals surface area (Å²) in [4.78, 5) is 16.9. The normalized spacial score (nSPS) is 21.4. The highest BCUT2D eigenvalue weighted by atomic mass is 16.4. The van der Waals surface area contributed by atoms with Crippen molar-refractivity contribution in [3.8, 4) is 0 Å². The van der Waals surface area contributed by atoms with Gasteiger partial charge in [0.1, 0.15) is 0 Å². The standard InChI is InChI=1S/C19H28N4O2/c1-19(2,23(18(24)25)16-9-4-3-6-13(16)20)10-12-11-22-15-8-5-7-14(21)17(12)15/h5,7-8,11,13,16,22H,3-4,6,9-10,20-21H2,1-2H3,(H,24,25)/t13-,16+/m1/s1. The van der Waals surface area contributed by atoms with Gasteiger partial charge in [0.25, 0.3) is 0 Å². The van der Waals surface area contributed by atoms with Crippen LogP contribution in [-0.2, 0) is 6.42 Å². The van der Waals surface area contributed by atoms with Crippen molar-refractivity contribution < 1.29 is 9.90 Å². The molecule has 1 aromatic heterocycles. The molecule has 2 atom stereocenters. The van der Waals surface area contributed by atoms with E-state index in [1.54, 1.807) is 4.90 Å². The lowest BCUT2D eigenvalue weighted by Crippen LogP contribution is -2.60. The molecule has 1 heterocycles. The number of amides is 1. The molecule has 3 rings (SSSR count). The van der Waals surface area contributed by atoms with Crippen LogP contribution >= 0.6 is 0 Å². The van der Waals surface area contributed by atoms with E-state index < -0.39 is 11.6 Å². The Labute approximate surface area is 148 Å². The summed E-state index contributed by atoms with van der Waals surface area (Å²) in [6, 6.07) is 5.53. The van der Waals surface area contributed by atoms with E-state index in [2.05, 4.69) is 4.98 Å². The molecule has 25 heavy (non-hydrogen) atoms. The average molecular weight is 344 g/mol. The monoisotopic (exact) mass is 344 g/mol. The third-order valence-corrected chi connectivity index (χ3v) is 5.41. The minimum atomic E-state index is -0.903. The van der Waals surface area contributed by atoms with Crippen LogP contribution in [0, 0.1) is 0 Å². The molecular weight excluding hydrogens is 316 g/mol. The Morgan fingerprint density at radius 3 is 2.76 bits per heavy atom. The summed E-state index contributed by atoms with van der Waals surface area (Å²) in [5, 5.41) is 10.9. The number of nitrogen functional groups attached to an aromatic ring is 1. The van der Waals surface area contributed by atoms with Crippen molar-refractivity contribution in [1.29, 1.82) is 0 Å². The van der Waals surface area contributed by atoms with Crippen molar-refractivity contribution in [2.75, 3.05) is 5.73 Å². The van der Waals surface area contributed by atoms with Gasteiger partial charge in [0, 0.05) is 34.4 Å². The van der Waals surface area contributed by atoms with E-state index in [4.69, 9.17) is 11.5 Å². The lowest BCUT2D eigenvalue weighted by Gasteiger charge is -2.45. The van der Waals surface area contributed by atoms with Crippen LogP contribution in [0.3, 0.4) is 0 Å². The Morgan fingerprint density at radius 2 is 2.08 bits per heavy atom. The molecule has 0 bridgehead atoms. The quantitative estimate of drug-likeness (QED) is 0.638. The smallest absolute Gasteiger partial charge is 0.408 e. The van der Waals surface area contributed by atoms with Crippen molar-refractivity contribution in [2.45, 2.75) is 63.6 Å². The summed E-state index contributed by atoms with van der Waals surface area (Å²) in [6.07, 6.45) is 5.42. The van der Waals surface area contributed by atoms with E-state index in [1.165, 1.54) is 0 Å². The molecule has 0 saturated heterocycles. The molecule has 6 heteroatoms. The molecule has 1 aliphatic carbocycles. The number of nitrogens with zero attached hydrogens (tertiary/aromatic N) is 1. The molecule has 136 valence electrons. The van der Waals surface area contributed by atoms with Gasteiger partial charge >= 0.3 is 6.09 Å². The number of carbonyl (C=O) groups is 1. The first-order chi connectivity index (χ1) is 11.8. The van der Waals surface area contributed by atoms with E-state index >= 15 is 0 Å². The number of hydrogen-bond donors (Lipinski definition) is 4. The van der Waals surface area contributed by atoms with Gasteiger partial charge in [0.15, 0.2) is 0 Å². The van der Waals surface area contributed by atoms with Gasteiger partial charge in [-0.2, -0.15) is 0 Å². The summed E-state index contributed by atoms with van der Waals surface area (Å²) in [5.41, 5.74) is 14.6. The maximum atomic E-state index is 12.1. The van der Waals surface area contributed by atoms with Gasteiger partial charge in [-0.05, 0) is 50.8 Å². The molecule has 1 aromatic carbocycles. The zero-order valence-corrected chi connectivity index (χ0v) is 15.0. The molecule has 6 N–H and O–H groups in total. The number of anilines is 1. The molecule has 0 spiro atoms. The van der Waals surface area contributed by atoms with Crippen molar-refractivity contribution in [2.24, 2.45) is 5.73 Å². The summed E-state index contributed by atoms with van der Waals surface area (Å²) in [7, 11) is 0. The van der Waals surface area contributed by atoms with Gasteiger partial charge in [-0.25, -0.2) is 4.79 Å². The van der Waals surface area contributed by atoms with Gasteiger partial charge in [0.05, 0.1) is 6.04 Å². The number of aromatic nitrogens is 1. The highest BCUT2D eigenvalue weighted by Gasteiger charge is 2.40. The number of aromatic amines is 1. The minimum Gasteiger partial charge on any atom is -0.465 e. The molecule has 1 aliphatic rings.